The Hall–Kier alpha value is -0.940. The lowest BCUT2D eigenvalue weighted by atomic mass is 10.1. The Morgan fingerprint density at radius 2 is 2.24 bits per heavy atom. The first-order valence-corrected chi connectivity index (χ1v) is 6.28. The lowest BCUT2D eigenvalue weighted by Gasteiger charge is -2.16. The highest BCUT2D eigenvalue weighted by atomic mass is 79.9. The standard InChI is InChI=1S/C12H14BrFN2O/c1-7-5-16(6-11(7)15)12(17)9-4-8(13)2-3-10(9)14/h2-4,7,11H,5-6,15H2,1H3. The molecule has 1 fully saturated rings. The van der Waals surface area contributed by atoms with Gasteiger partial charge in [0.1, 0.15) is 5.82 Å². The summed E-state index contributed by atoms with van der Waals surface area (Å²) in [5.41, 5.74) is 5.95. The predicted octanol–water partition coefficient (Wildman–Crippen LogP) is 2.01. The quantitative estimate of drug-likeness (QED) is 0.862. The number of likely N-dealkylation sites (tertiary alicyclic amines) is 1. The van der Waals surface area contributed by atoms with Crippen LogP contribution in [0.15, 0.2) is 22.7 Å². The summed E-state index contributed by atoms with van der Waals surface area (Å²) in [4.78, 5) is 13.7. The van der Waals surface area contributed by atoms with Crippen molar-refractivity contribution < 1.29 is 9.18 Å². The molecule has 1 heterocycles. The maximum Gasteiger partial charge on any atom is 0.256 e. The van der Waals surface area contributed by atoms with Crippen molar-refractivity contribution in [3.05, 3.63) is 34.1 Å². The molecule has 2 unspecified atom stereocenters. The third-order valence-electron chi connectivity index (χ3n) is 3.12. The molecule has 1 aromatic rings. The molecular formula is C12H14BrFN2O. The first kappa shape index (κ1) is 12.5. The molecule has 0 bridgehead atoms. The van der Waals surface area contributed by atoms with E-state index in [4.69, 9.17) is 5.73 Å². The third-order valence-corrected chi connectivity index (χ3v) is 3.61. The molecule has 1 aliphatic heterocycles. The van der Waals surface area contributed by atoms with Gasteiger partial charge in [0, 0.05) is 23.6 Å². The van der Waals surface area contributed by atoms with Crippen LogP contribution in [-0.4, -0.2) is 29.9 Å². The van der Waals surface area contributed by atoms with Gasteiger partial charge in [0.15, 0.2) is 0 Å². The second kappa shape index (κ2) is 4.74. The summed E-state index contributed by atoms with van der Waals surface area (Å²) in [6, 6.07) is 4.35. The van der Waals surface area contributed by atoms with E-state index in [1.807, 2.05) is 6.92 Å². The second-order valence-electron chi connectivity index (χ2n) is 4.48. The minimum absolute atomic E-state index is 0.0193. The number of hydrogen-bond acceptors (Lipinski definition) is 2. The van der Waals surface area contributed by atoms with Gasteiger partial charge in [-0.05, 0) is 24.1 Å². The molecule has 1 aliphatic rings. The zero-order valence-corrected chi connectivity index (χ0v) is 11.1. The van der Waals surface area contributed by atoms with Crippen LogP contribution in [0.3, 0.4) is 0 Å². The molecule has 17 heavy (non-hydrogen) atoms. The van der Waals surface area contributed by atoms with Gasteiger partial charge in [-0.1, -0.05) is 22.9 Å². The number of hydrogen-bond donors (Lipinski definition) is 1. The van der Waals surface area contributed by atoms with E-state index in [0.29, 0.717) is 17.6 Å². The number of nitrogens with zero attached hydrogens (tertiary/aromatic N) is 1. The molecule has 0 aromatic heterocycles. The fourth-order valence-electron chi connectivity index (χ4n) is 1.99. The summed E-state index contributed by atoms with van der Waals surface area (Å²) in [5.74, 6) is -0.524. The van der Waals surface area contributed by atoms with Crippen LogP contribution in [0, 0.1) is 11.7 Å². The van der Waals surface area contributed by atoms with Crippen LogP contribution in [0.5, 0.6) is 0 Å². The van der Waals surface area contributed by atoms with Gasteiger partial charge >= 0.3 is 0 Å². The van der Waals surface area contributed by atoms with Crippen LogP contribution in [0.1, 0.15) is 17.3 Å². The summed E-state index contributed by atoms with van der Waals surface area (Å²) in [7, 11) is 0. The highest BCUT2D eigenvalue weighted by Gasteiger charge is 2.31. The van der Waals surface area contributed by atoms with E-state index in [2.05, 4.69) is 15.9 Å². The summed E-state index contributed by atoms with van der Waals surface area (Å²) >= 11 is 3.23. The summed E-state index contributed by atoms with van der Waals surface area (Å²) in [6.45, 7) is 3.08. The highest BCUT2D eigenvalue weighted by Crippen LogP contribution is 2.21. The zero-order valence-electron chi connectivity index (χ0n) is 9.49. The van der Waals surface area contributed by atoms with E-state index >= 15 is 0 Å². The number of halogens is 2. The maximum atomic E-state index is 13.6. The Morgan fingerprint density at radius 1 is 1.53 bits per heavy atom. The van der Waals surface area contributed by atoms with E-state index in [0.717, 1.165) is 0 Å². The van der Waals surface area contributed by atoms with E-state index < -0.39 is 5.82 Å². The van der Waals surface area contributed by atoms with Crippen molar-refractivity contribution in [1.29, 1.82) is 0 Å². The van der Waals surface area contributed by atoms with Crippen molar-refractivity contribution >= 4 is 21.8 Å². The van der Waals surface area contributed by atoms with Gasteiger partial charge in [-0.3, -0.25) is 4.79 Å². The average molecular weight is 301 g/mol. The van der Waals surface area contributed by atoms with Crippen LogP contribution in [0.4, 0.5) is 4.39 Å². The van der Waals surface area contributed by atoms with Gasteiger partial charge in [0.25, 0.3) is 5.91 Å². The Balaban J connectivity index is 2.23. The van der Waals surface area contributed by atoms with Crippen molar-refractivity contribution in [2.24, 2.45) is 11.7 Å². The first-order chi connectivity index (χ1) is 7.99. The van der Waals surface area contributed by atoms with E-state index in [1.165, 1.54) is 12.1 Å². The van der Waals surface area contributed by atoms with Gasteiger partial charge in [-0.15, -0.1) is 0 Å². The third kappa shape index (κ3) is 2.50. The fourth-order valence-corrected chi connectivity index (χ4v) is 2.35. The molecule has 0 aliphatic carbocycles. The smallest absolute Gasteiger partial charge is 0.256 e. The van der Waals surface area contributed by atoms with Gasteiger partial charge in [-0.25, -0.2) is 4.39 Å². The van der Waals surface area contributed by atoms with Gasteiger partial charge < -0.3 is 10.6 Å². The van der Waals surface area contributed by atoms with Gasteiger partial charge in [0.05, 0.1) is 5.56 Å². The summed E-state index contributed by atoms with van der Waals surface area (Å²) in [5, 5.41) is 0. The molecular weight excluding hydrogens is 287 g/mol. The number of rotatable bonds is 1. The van der Waals surface area contributed by atoms with Gasteiger partial charge in [0.2, 0.25) is 0 Å². The van der Waals surface area contributed by atoms with E-state index in [-0.39, 0.29) is 23.4 Å². The van der Waals surface area contributed by atoms with E-state index in [9.17, 15) is 9.18 Å². The average Bonchev–Trinajstić information content (AvgIpc) is 2.62. The van der Waals surface area contributed by atoms with E-state index in [1.54, 1.807) is 11.0 Å². The molecule has 2 rings (SSSR count). The van der Waals surface area contributed by atoms with Crippen molar-refractivity contribution in [2.75, 3.05) is 13.1 Å². The van der Waals surface area contributed by atoms with Crippen LogP contribution in [0.25, 0.3) is 0 Å². The molecule has 3 nitrogen and oxygen atoms in total. The molecule has 1 amide bonds. The lowest BCUT2D eigenvalue weighted by molar-refractivity contribution is 0.0782. The van der Waals surface area contributed by atoms with Crippen LogP contribution in [0.2, 0.25) is 0 Å². The van der Waals surface area contributed by atoms with Crippen molar-refractivity contribution in [2.45, 2.75) is 13.0 Å². The number of carbonyl (C=O) groups is 1. The Labute approximate surface area is 108 Å². The number of carbonyl (C=O) groups excluding carboxylic acids is 1. The van der Waals surface area contributed by atoms with Crippen molar-refractivity contribution in [1.82, 2.24) is 4.90 Å². The second-order valence-corrected chi connectivity index (χ2v) is 5.39. The van der Waals surface area contributed by atoms with Crippen molar-refractivity contribution in [3.63, 3.8) is 0 Å². The molecule has 2 N–H and O–H groups in total. The lowest BCUT2D eigenvalue weighted by Crippen LogP contribution is -2.32. The minimum Gasteiger partial charge on any atom is -0.337 e. The zero-order chi connectivity index (χ0) is 12.6. The highest BCUT2D eigenvalue weighted by molar-refractivity contribution is 9.10. The molecule has 0 radical (unpaired) electrons. The Kier molecular flexibility index (Phi) is 3.49. The SMILES string of the molecule is CC1CN(C(=O)c2cc(Br)ccc2F)CC1N. The normalized spacial score (nSPS) is 24.1. The predicted molar refractivity (Wildman–Crippen MR) is 67.1 cm³/mol. The first-order valence-electron chi connectivity index (χ1n) is 5.49. The molecule has 92 valence electrons. The Morgan fingerprint density at radius 3 is 2.82 bits per heavy atom. The van der Waals surface area contributed by atoms with Crippen molar-refractivity contribution in [3.8, 4) is 0 Å². The summed E-state index contributed by atoms with van der Waals surface area (Å²) in [6.07, 6.45) is 0. The molecule has 0 spiro atoms. The summed E-state index contributed by atoms with van der Waals surface area (Å²) < 4.78 is 14.3. The molecule has 1 saturated heterocycles. The van der Waals surface area contributed by atoms with Crippen LogP contribution < -0.4 is 5.73 Å². The van der Waals surface area contributed by atoms with Gasteiger partial charge in [-0.2, -0.15) is 0 Å². The monoisotopic (exact) mass is 300 g/mol. The van der Waals surface area contributed by atoms with Crippen LogP contribution in [-0.2, 0) is 0 Å². The molecule has 2 atom stereocenters. The number of benzene rings is 1. The largest absolute Gasteiger partial charge is 0.337 e. The minimum atomic E-state index is -0.494. The molecule has 0 saturated carbocycles. The van der Waals surface area contributed by atoms with Crippen LogP contribution >= 0.6 is 15.9 Å². The maximum absolute atomic E-state index is 13.6. The number of nitrogens with two attached hydrogens (primary N) is 1. The fraction of sp³-hybridized carbons (Fsp3) is 0.417. The molecule has 5 heteroatoms. The Bertz CT molecular complexity index is 442. The topological polar surface area (TPSA) is 46.3 Å². The molecule has 1 aromatic carbocycles. The number of amides is 1.